The molecule has 0 bridgehead atoms. The van der Waals surface area contributed by atoms with Crippen LogP contribution in [0.1, 0.15) is 84.6 Å². The van der Waals surface area contributed by atoms with Gasteiger partial charge in [0, 0.05) is 44.5 Å². The molecule has 0 aliphatic heterocycles. The SMILES string of the molecule is CCCCC(C)c1ccc2c(c1)oc1cc(N(c3ccc4oc5ccccc5c4c3)C(C)(C)CCCC)ccc12. The summed E-state index contributed by atoms with van der Waals surface area (Å²) in [6, 6.07) is 28.5. The maximum atomic E-state index is 6.54. The Kier molecular flexibility index (Phi) is 7.08. The lowest BCUT2D eigenvalue weighted by Gasteiger charge is -2.41. The number of anilines is 2. The largest absolute Gasteiger partial charge is 0.456 e. The molecule has 206 valence electrons. The highest BCUT2D eigenvalue weighted by atomic mass is 16.3. The average molecular weight is 532 g/mol. The maximum absolute atomic E-state index is 6.54. The number of hydrogen-bond donors (Lipinski definition) is 0. The van der Waals surface area contributed by atoms with Crippen LogP contribution in [0.15, 0.2) is 87.7 Å². The fourth-order valence-corrected chi connectivity index (χ4v) is 6.33. The van der Waals surface area contributed by atoms with Crippen molar-refractivity contribution in [2.75, 3.05) is 4.90 Å². The van der Waals surface area contributed by atoms with Crippen LogP contribution in [0.25, 0.3) is 43.9 Å². The van der Waals surface area contributed by atoms with Crippen molar-refractivity contribution in [3.8, 4) is 0 Å². The van der Waals surface area contributed by atoms with Gasteiger partial charge in [-0.3, -0.25) is 0 Å². The lowest BCUT2D eigenvalue weighted by molar-refractivity contribution is 0.446. The molecule has 2 aromatic heterocycles. The topological polar surface area (TPSA) is 29.5 Å². The van der Waals surface area contributed by atoms with E-state index in [0.29, 0.717) is 5.92 Å². The van der Waals surface area contributed by atoms with Crippen LogP contribution in [0, 0.1) is 0 Å². The summed E-state index contributed by atoms with van der Waals surface area (Å²) in [6.07, 6.45) is 7.13. The van der Waals surface area contributed by atoms with Gasteiger partial charge in [-0.05, 0) is 80.6 Å². The standard InChI is InChI=1S/C37H41NO2/c1-6-8-12-25(3)26-15-18-30-31-19-16-28(24-36(31)40-35(30)22-26)38(37(4,5)21-9-7-2)27-17-20-34-32(23-27)29-13-10-11-14-33(29)39-34/h10-11,13-20,22-25H,6-9,12,21H2,1-5H3. The molecule has 2 heterocycles. The summed E-state index contributed by atoms with van der Waals surface area (Å²) < 4.78 is 12.7. The van der Waals surface area contributed by atoms with Crippen LogP contribution in [0.2, 0.25) is 0 Å². The van der Waals surface area contributed by atoms with E-state index in [-0.39, 0.29) is 5.54 Å². The lowest BCUT2D eigenvalue weighted by Crippen LogP contribution is -2.40. The number of fused-ring (bicyclic) bond motifs is 6. The summed E-state index contributed by atoms with van der Waals surface area (Å²) in [7, 11) is 0. The number of furan rings is 2. The predicted molar refractivity (Wildman–Crippen MR) is 171 cm³/mol. The van der Waals surface area contributed by atoms with E-state index in [1.807, 2.05) is 12.1 Å². The molecule has 1 unspecified atom stereocenters. The molecule has 6 rings (SSSR count). The van der Waals surface area contributed by atoms with Gasteiger partial charge in [-0.1, -0.05) is 76.8 Å². The minimum atomic E-state index is -0.0925. The van der Waals surface area contributed by atoms with E-state index in [9.17, 15) is 0 Å². The molecule has 3 nitrogen and oxygen atoms in total. The first-order chi connectivity index (χ1) is 19.4. The van der Waals surface area contributed by atoms with E-state index in [1.54, 1.807) is 0 Å². The number of rotatable bonds is 10. The molecule has 4 aromatic carbocycles. The van der Waals surface area contributed by atoms with Gasteiger partial charge in [-0.2, -0.15) is 0 Å². The quantitative estimate of drug-likeness (QED) is 0.176. The first kappa shape index (κ1) is 26.5. The monoisotopic (exact) mass is 531 g/mol. The number of nitrogens with zero attached hydrogens (tertiary/aromatic N) is 1. The van der Waals surface area contributed by atoms with Gasteiger partial charge in [0.1, 0.15) is 22.3 Å². The van der Waals surface area contributed by atoms with Crippen molar-refractivity contribution >= 4 is 55.3 Å². The van der Waals surface area contributed by atoms with Gasteiger partial charge < -0.3 is 13.7 Å². The van der Waals surface area contributed by atoms with E-state index in [1.165, 1.54) is 54.1 Å². The molecule has 0 aliphatic carbocycles. The molecule has 0 saturated heterocycles. The summed E-state index contributed by atoms with van der Waals surface area (Å²) in [5.74, 6) is 0.539. The highest BCUT2D eigenvalue weighted by Crippen LogP contribution is 2.42. The molecule has 1 atom stereocenters. The molecule has 40 heavy (non-hydrogen) atoms. The van der Waals surface area contributed by atoms with Gasteiger partial charge in [0.15, 0.2) is 0 Å². The molecule has 3 heteroatoms. The van der Waals surface area contributed by atoms with Crippen molar-refractivity contribution in [1.82, 2.24) is 0 Å². The zero-order chi connectivity index (χ0) is 27.9. The Bertz CT molecular complexity index is 1790. The van der Waals surface area contributed by atoms with Gasteiger partial charge in [0.25, 0.3) is 0 Å². The molecule has 0 spiro atoms. The first-order valence-corrected chi connectivity index (χ1v) is 15.1. The van der Waals surface area contributed by atoms with Crippen LogP contribution < -0.4 is 4.90 Å². The normalized spacial score (nSPS) is 13.1. The molecule has 6 aromatic rings. The minimum Gasteiger partial charge on any atom is -0.456 e. The van der Waals surface area contributed by atoms with E-state index in [2.05, 4.69) is 106 Å². The van der Waals surface area contributed by atoms with Crippen LogP contribution in [0.4, 0.5) is 11.4 Å². The van der Waals surface area contributed by atoms with Crippen LogP contribution in [0.5, 0.6) is 0 Å². The van der Waals surface area contributed by atoms with Crippen LogP contribution >= 0.6 is 0 Å². The van der Waals surface area contributed by atoms with Crippen LogP contribution in [0.3, 0.4) is 0 Å². The van der Waals surface area contributed by atoms with Crippen molar-refractivity contribution in [2.45, 2.75) is 84.6 Å². The Morgan fingerprint density at radius 2 is 1.27 bits per heavy atom. The average Bonchev–Trinajstić information content (AvgIpc) is 3.52. The molecule has 0 amide bonds. The summed E-state index contributed by atoms with van der Waals surface area (Å²) >= 11 is 0. The van der Waals surface area contributed by atoms with Gasteiger partial charge >= 0.3 is 0 Å². The summed E-state index contributed by atoms with van der Waals surface area (Å²) in [5, 5.41) is 4.67. The Hall–Kier alpha value is -3.72. The fourth-order valence-electron chi connectivity index (χ4n) is 6.33. The summed E-state index contributed by atoms with van der Waals surface area (Å²) in [6.45, 7) is 11.6. The van der Waals surface area contributed by atoms with Crippen molar-refractivity contribution in [1.29, 1.82) is 0 Å². The van der Waals surface area contributed by atoms with E-state index in [0.717, 1.165) is 45.2 Å². The van der Waals surface area contributed by atoms with Gasteiger partial charge in [0.2, 0.25) is 0 Å². The Labute approximate surface area is 237 Å². The lowest BCUT2D eigenvalue weighted by atomic mass is 9.93. The molecular weight excluding hydrogens is 490 g/mol. The zero-order valence-corrected chi connectivity index (χ0v) is 24.6. The minimum absolute atomic E-state index is 0.0925. The smallest absolute Gasteiger partial charge is 0.137 e. The summed E-state index contributed by atoms with van der Waals surface area (Å²) in [5.41, 5.74) is 7.37. The van der Waals surface area contributed by atoms with Gasteiger partial charge in [-0.25, -0.2) is 0 Å². The first-order valence-electron chi connectivity index (χ1n) is 15.1. The number of benzene rings is 4. The Balaban J connectivity index is 1.46. The second kappa shape index (κ2) is 10.7. The number of hydrogen-bond acceptors (Lipinski definition) is 3. The van der Waals surface area contributed by atoms with Crippen molar-refractivity contribution in [3.05, 3.63) is 84.4 Å². The van der Waals surface area contributed by atoms with E-state index >= 15 is 0 Å². The highest BCUT2D eigenvalue weighted by molar-refractivity contribution is 6.07. The van der Waals surface area contributed by atoms with E-state index in [4.69, 9.17) is 8.83 Å². The van der Waals surface area contributed by atoms with E-state index < -0.39 is 0 Å². The molecule has 0 saturated carbocycles. The third-order valence-corrected chi connectivity index (χ3v) is 8.66. The summed E-state index contributed by atoms with van der Waals surface area (Å²) in [4.78, 5) is 2.49. The second-order valence-electron chi connectivity index (χ2n) is 12.1. The number of para-hydroxylation sites is 1. The molecule has 0 radical (unpaired) electrons. The van der Waals surface area contributed by atoms with Crippen LogP contribution in [-0.2, 0) is 0 Å². The van der Waals surface area contributed by atoms with Crippen LogP contribution in [-0.4, -0.2) is 5.54 Å². The maximum Gasteiger partial charge on any atom is 0.137 e. The molecular formula is C37H41NO2. The second-order valence-corrected chi connectivity index (χ2v) is 12.1. The third-order valence-electron chi connectivity index (χ3n) is 8.66. The number of unbranched alkanes of at least 4 members (excludes halogenated alkanes) is 2. The van der Waals surface area contributed by atoms with Crippen molar-refractivity contribution in [2.24, 2.45) is 0 Å². The van der Waals surface area contributed by atoms with Gasteiger partial charge in [-0.15, -0.1) is 0 Å². The molecule has 0 aliphatic rings. The van der Waals surface area contributed by atoms with Crippen molar-refractivity contribution in [3.63, 3.8) is 0 Å². The Morgan fingerprint density at radius 1 is 0.650 bits per heavy atom. The Morgan fingerprint density at radius 3 is 2.08 bits per heavy atom. The molecule has 0 N–H and O–H groups in total. The predicted octanol–water partition coefficient (Wildman–Crippen LogP) is 11.9. The fraction of sp³-hybridized carbons (Fsp3) is 0.351. The molecule has 0 fully saturated rings. The van der Waals surface area contributed by atoms with Crippen molar-refractivity contribution < 1.29 is 8.83 Å². The zero-order valence-electron chi connectivity index (χ0n) is 24.6. The van der Waals surface area contributed by atoms with Gasteiger partial charge in [0.05, 0.1) is 0 Å². The highest BCUT2D eigenvalue weighted by Gasteiger charge is 2.29. The third kappa shape index (κ3) is 4.76.